The molecule has 2 atom stereocenters. The summed E-state index contributed by atoms with van der Waals surface area (Å²) in [6.07, 6.45) is 1.14. The van der Waals surface area contributed by atoms with E-state index in [9.17, 15) is 13.2 Å². The van der Waals surface area contributed by atoms with Gasteiger partial charge < -0.3 is 15.4 Å². The largest absolute Gasteiger partial charge is 0.385 e. The summed E-state index contributed by atoms with van der Waals surface area (Å²) in [5.74, 6) is 0.343. The van der Waals surface area contributed by atoms with Gasteiger partial charge in [0.05, 0.1) is 24.0 Å². The number of hydrogen-bond donors (Lipinski definition) is 2. The smallest absolute Gasteiger partial charge is 0.224 e. The number of thioether (sulfide) groups is 1. The Balaban J connectivity index is 1.47. The SMILES string of the molecule is COCCCNC(=O)Cc1ccc(NC2=N[C@@H]3CS(=O)(=O)C[C@@H]3S2)cc1. The van der Waals surface area contributed by atoms with Crippen LogP contribution in [0.25, 0.3) is 0 Å². The van der Waals surface area contributed by atoms with Crippen LogP contribution in [0.1, 0.15) is 12.0 Å². The van der Waals surface area contributed by atoms with Crippen LogP contribution in [-0.2, 0) is 25.8 Å². The summed E-state index contributed by atoms with van der Waals surface area (Å²) in [5, 5.41) is 6.89. The molecule has 0 spiro atoms. The number of carbonyl (C=O) groups excluding carboxylic acids is 1. The summed E-state index contributed by atoms with van der Waals surface area (Å²) < 4.78 is 28.1. The molecule has 2 aliphatic rings. The fourth-order valence-electron chi connectivity index (χ4n) is 2.94. The second kappa shape index (κ2) is 8.41. The highest BCUT2D eigenvalue weighted by Gasteiger charge is 2.42. The third-order valence-electron chi connectivity index (χ3n) is 4.24. The number of anilines is 1. The number of rotatable bonds is 7. The molecule has 3 rings (SSSR count). The van der Waals surface area contributed by atoms with Crippen molar-refractivity contribution in [3.63, 3.8) is 0 Å². The van der Waals surface area contributed by atoms with Crippen LogP contribution in [0.15, 0.2) is 29.3 Å². The molecule has 142 valence electrons. The summed E-state index contributed by atoms with van der Waals surface area (Å²) >= 11 is 1.49. The molecule has 1 fully saturated rings. The molecule has 1 amide bonds. The van der Waals surface area contributed by atoms with E-state index in [-0.39, 0.29) is 28.7 Å². The van der Waals surface area contributed by atoms with Crippen molar-refractivity contribution in [3.8, 4) is 0 Å². The van der Waals surface area contributed by atoms with E-state index in [1.807, 2.05) is 24.3 Å². The van der Waals surface area contributed by atoms with Gasteiger partial charge in [-0.05, 0) is 24.1 Å². The zero-order chi connectivity index (χ0) is 18.6. The van der Waals surface area contributed by atoms with Crippen molar-refractivity contribution in [2.45, 2.75) is 24.1 Å². The normalized spacial score (nSPS) is 23.3. The first-order valence-electron chi connectivity index (χ1n) is 8.52. The second-order valence-corrected chi connectivity index (χ2v) is 9.81. The fourth-order valence-corrected chi connectivity index (χ4v) is 6.61. The first-order chi connectivity index (χ1) is 12.4. The number of amides is 1. The minimum Gasteiger partial charge on any atom is -0.385 e. The summed E-state index contributed by atoms with van der Waals surface area (Å²) in [7, 11) is -1.29. The Morgan fingerprint density at radius 2 is 2.08 bits per heavy atom. The molecule has 2 heterocycles. The molecule has 0 radical (unpaired) electrons. The zero-order valence-corrected chi connectivity index (χ0v) is 16.2. The van der Waals surface area contributed by atoms with Gasteiger partial charge in [0.15, 0.2) is 15.0 Å². The van der Waals surface area contributed by atoms with E-state index in [4.69, 9.17) is 4.74 Å². The van der Waals surface area contributed by atoms with Crippen molar-refractivity contribution in [2.75, 3.05) is 37.1 Å². The van der Waals surface area contributed by atoms with E-state index in [0.717, 1.165) is 22.8 Å². The highest BCUT2D eigenvalue weighted by Crippen LogP contribution is 2.34. The van der Waals surface area contributed by atoms with Crippen LogP contribution < -0.4 is 10.6 Å². The number of amidine groups is 1. The Kier molecular flexibility index (Phi) is 6.20. The topological polar surface area (TPSA) is 96.9 Å². The zero-order valence-electron chi connectivity index (χ0n) is 14.6. The van der Waals surface area contributed by atoms with Crippen LogP contribution in [0, 0.1) is 0 Å². The van der Waals surface area contributed by atoms with E-state index in [1.165, 1.54) is 11.8 Å². The van der Waals surface area contributed by atoms with Gasteiger partial charge in [-0.2, -0.15) is 0 Å². The van der Waals surface area contributed by atoms with Gasteiger partial charge in [0.1, 0.15) is 0 Å². The predicted molar refractivity (Wildman–Crippen MR) is 105 cm³/mol. The van der Waals surface area contributed by atoms with Gasteiger partial charge in [-0.25, -0.2) is 8.42 Å². The molecular weight excluding hydrogens is 374 g/mol. The molecular formula is C17H23N3O4S2. The fraction of sp³-hybridized carbons (Fsp3) is 0.529. The highest BCUT2D eigenvalue weighted by atomic mass is 32.2. The number of ether oxygens (including phenoxy) is 1. The minimum absolute atomic E-state index is 0.00781. The van der Waals surface area contributed by atoms with Crippen LogP contribution in [-0.4, -0.2) is 62.6 Å². The van der Waals surface area contributed by atoms with E-state index >= 15 is 0 Å². The number of nitrogens with zero attached hydrogens (tertiary/aromatic N) is 1. The van der Waals surface area contributed by atoms with Gasteiger partial charge in [0.2, 0.25) is 5.91 Å². The predicted octanol–water partition coefficient (Wildman–Crippen LogP) is 1.06. The maximum Gasteiger partial charge on any atom is 0.224 e. The maximum atomic E-state index is 11.9. The van der Waals surface area contributed by atoms with Crippen molar-refractivity contribution in [2.24, 2.45) is 4.99 Å². The third-order valence-corrected chi connectivity index (χ3v) is 7.38. The van der Waals surface area contributed by atoms with Gasteiger partial charge in [0.25, 0.3) is 0 Å². The lowest BCUT2D eigenvalue weighted by molar-refractivity contribution is -0.120. The molecule has 0 saturated carbocycles. The number of sulfone groups is 1. The maximum absolute atomic E-state index is 11.9. The third kappa shape index (κ3) is 5.21. The van der Waals surface area contributed by atoms with Gasteiger partial charge in [0, 0.05) is 31.2 Å². The Hall–Kier alpha value is -1.58. The second-order valence-electron chi connectivity index (χ2n) is 6.43. The summed E-state index contributed by atoms with van der Waals surface area (Å²) in [4.78, 5) is 16.3. The monoisotopic (exact) mass is 397 g/mol. The van der Waals surface area contributed by atoms with Crippen LogP contribution in [0.3, 0.4) is 0 Å². The standard InChI is InChI=1S/C17H23N3O4S2/c1-24-8-2-7-18-16(21)9-12-3-5-13(6-4-12)19-17-20-14-10-26(22,23)11-15(14)25-17/h3-6,14-15H,2,7-11H2,1H3,(H,18,21)(H,19,20)/t14-,15+/m1/s1. The van der Waals surface area contributed by atoms with Crippen LogP contribution in [0.2, 0.25) is 0 Å². The Bertz CT molecular complexity index is 778. The van der Waals surface area contributed by atoms with Crippen molar-refractivity contribution in [1.29, 1.82) is 0 Å². The molecule has 0 unspecified atom stereocenters. The van der Waals surface area contributed by atoms with Gasteiger partial charge in [-0.3, -0.25) is 9.79 Å². The number of fused-ring (bicyclic) bond motifs is 1. The van der Waals surface area contributed by atoms with Crippen LogP contribution in [0.4, 0.5) is 5.69 Å². The molecule has 7 nitrogen and oxygen atoms in total. The van der Waals surface area contributed by atoms with Gasteiger partial charge in [-0.15, -0.1) is 0 Å². The van der Waals surface area contributed by atoms with Crippen LogP contribution >= 0.6 is 11.8 Å². The van der Waals surface area contributed by atoms with E-state index < -0.39 is 9.84 Å². The summed E-state index contributed by atoms with van der Waals surface area (Å²) in [6, 6.07) is 7.49. The molecule has 0 bridgehead atoms. The van der Waals surface area contributed by atoms with Crippen molar-refractivity contribution < 1.29 is 17.9 Å². The summed E-state index contributed by atoms with van der Waals surface area (Å²) in [5.41, 5.74) is 1.81. The first kappa shape index (κ1) is 19.2. The molecule has 9 heteroatoms. The lowest BCUT2D eigenvalue weighted by atomic mass is 10.1. The molecule has 2 N–H and O–H groups in total. The molecule has 26 heavy (non-hydrogen) atoms. The van der Waals surface area contributed by atoms with Gasteiger partial charge >= 0.3 is 0 Å². The molecule has 2 aliphatic heterocycles. The number of carbonyl (C=O) groups is 1. The van der Waals surface area contributed by atoms with Crippen molar-refractivity contribution in [1.82, 2.24) is 5.32 Å². The highest BCUT2D eigenvalue weighted by molar-refractivity contribution is 8.15. The number of methoxy groups -OCH3 is 1. The van der Waals surface area contributed by atoms with Crippen molar-refractivity contribution >= 4 is 38.4 Å². The molecule has 1 saturated heterocycles. The molecule has 0 aromatic heterocycles. The average Bonchev–Trinajstić information content (AvgIpc) is 3.06. The first-order valence-corrected chi connectivity index (χ1v) is 11.2. The average molecular weight is 398 g/mol. The number of nitrogens with one attached hydrogen (secondary N) is 2. The Morgan fingerprint density at radius 3 is 2.77 bits per heavy atom. The van der Waals surface area contributed by atoms with E-state index in [1.54, 1.807) is 7.11 Å². The Labute approximate surface area is 157 Å². The van der Waals surface area contributed by atoms with Crippen LogP contribution in [0.5, 0.6) is 0 Å². The molecule has 1 aromatic carbocycles. The lowest BCUT2D eigenvalue weighted by Crippen LogP contribution is -2.26. The summed E-state index contributed by atoms with van der Waals surface area (Å²) in [6.45, 7) is 1.25. The van der Waals surface area contributed by atoms with Crippen molar-refractivity contribution in [3.05, 3.63) is 29.8 Å². The minimum atomic E-state index is -2.93. The molecule has 1 aromatic rings. The van der Waals surface area contributed by atoms with E-state index in [2.05, 4.69) is 15.6 Å². The van der Waals surface area contributed by atoms with Gasteiger partial charge in [-0.1, -0.05) is 23.9 Å². The number of benzene rings is 1. The lowest BCUT2D eigenvalue weighted by Gasteiger charge is -2.08. The number of hydrogen-bond acceptors (Lipinski definition) is 7. The molecule has 0 aliphatic carbocycles. The Morgan fingerprint density at radius 1 is 1.31 bits per heavy atom. The number of aliphatic imine (C=N–C) groups is 1. The quantitative estimate of drug-likeness (QED) is 0.668. The van der Waals surface area contributed by atoms with E-state index in [0.29, 0.717) is 19.6 Å².